The van der Waals surface area contributed by atoms with Gasteiger partial charge in [0.2, 0.25) is 0 Å². The minimum Gasteiger partial charge on any atom is -0.465 e. The zero-order valence-corrected chi connectivity index (χ0v) is 16.2. The summed E-state index contributed by atoms with van der Waals surface area (Å²) in [5.41, 5.74) is 3.78. The largest absolute Gasteiger partial charge is 0.465 e. The lowest BCUT2D eigenvalue weighted by atomic mass is 9.82. The molecule has 3 heteroatoms. The Morgan fingerprint density at radius 2 is 1.68 bits per heavy atom. The van der Waals surface area contributed by atoms with Crippen molar-refractivity contribution in [3.05, 3.63) is 34.4 Å². The van der Waals surface area contributed by atoms with Gasteiger partial charge in [0.25, 0.3) is 0 Å². The van der Waals surface area contributed by atoms with Gasteiger partial charge in [-0.15, -0.1) is 0 Å². The molecule has 1 atom stereocenters. The Hall–Kier alpha value is -1.64. The van der Waals surface area contributed by atoms with Crippen molar-refractivity contribution in [2.75, 3.05) is 6.61 Å². The predicted molar refractivity (Wildman–Crippen MR) is 101 cm³/mol. The van der Waals surface area contributed by atoms with Gasteiger partial charge >= 0.3 is 5.97 Å². The molecule has 0 aliphatic heterocycles. The van der Waals surface area contributed by atoms with Crippen LogP contribution >= 0.6 is 0 Å². The van der Waals surface area contributed by atoms with Crippen LogP contribution in [0.4, 0.5) is 0 Å². The van der Waals surface area contributed by atoms with Crippen LogP contribution in [0.15, 0.2) is 12.1 Å². The van der Waals surface area contributed by atoms with E-state index in [9.17, 15) is 9.59 Å². The molecule has 1 fully saturated rings. The van der Waals surface area contributed by atoms with Crippen molar-refractivity contribution in [1.29, 1.82) is 0 Å². The monoisotopic (exact) mass is 344 g/mol. The number of carbonyl (C=O) groups excluding carboxylic acids is 2. The van der Waals surface area contributed by atoms with E-state index in [0.29, 0.717) is 12.2 Å². The summed E-state index contributed by atoms with van der Waals surface area (Å²) in [6, 6.07) is 4.05. The quantitative estimate of drug-likeness (QED) is 0.277. The van der Waals surface area contributed by atoms with E-state index in [2.05, 4.69) is 6.92 Å². The lowest BCUT2D eigenvalue weighted by Crippen LogP contribution is -2.33. The normalized spacial score (nSPS) is 16.0. The molecule has 2 rings (SSSR count). The first-order valence-corrected chi connectivity index (χ1v) is 9.74. The van der Waals surface area contributed by atoms with Gasteiger partial charge in [-0.25, -0.2) is 0 Å². The number of Topliss-reactive ketones (excluding diaryl/α,β-unsaturated/α-hetero) is 1. The highest BCUT2D eigenvalue weighted by atomic mass is 16.5. The van der Waals surface area contributed by atoms with E-state index in [0.717, 1.165) is 61.6 Å². The maximum atomic E-state index is 13.3. The van der Waals surface area contributed by atoms with Crippen LogP contribution in [-0.2, 0) is 9.53 Å². The van der Waals surface area contributed by atoms with Gasteiger partial charge in [-0.1, -0.05) is 50.3 Å². The van der Waals surface area contributed by atoms with Crippen molar-refractivity contribution in [3.8, 4) is 0 Å². The number of carbonyl (C=O) groups is 2. The molecule has 25 heavy (non-hydrogen) atoms. The van der Waals surface area contributed by atoms with Crippen LogP contribution in [0, 0.1) is 32.6 Å². The van der Waals surface area contributed by atoms with E-state index in [1.165, 1.54) is 0 Å². The fourth-order valence-electron chi connectivity index (χ4n) is 4.14. The molecule has 1 aromatic rings. The lowest BCUT2D eigenvalue weighted by Gasteiger charge is -2.23. The second-order valence-electron chi connectivity index (χ2n) is 7.53. The Bertz CT molecular complexity index is 589. The Kier molecular flexibility index (Phi) is 7.22. The molecule has 1 aliphatic carbocycles. The predicted octanol–water partition coefficient (Wildman–Crippen LogP) is 5.33. The molecule has 1 saturated carbocycles. The number of ketones is 1. The smallest absolute Gasteiger partial charge is 0.317 e. The molecule has 1 aromatic carbocycles. The Morgan fingerprint density at radius 3 is 2.24 bits per heavy atom. The summed E-state index contributed by atoms with van der Waals surface area (Å²) >= 11 is 0. The van der Waals surface area contributed by atoms with Crippen molar-refractivity contribution in [2.45, 2.75) is 72.6 Å². The van der Waals surface area contributed by atoms with E-state index < -0.39 is 5.92 Å². The van der Waals surface area contributed by atoms with E-state index >= 15 is 0 Å². The molecule has 0 heterocycles. The van der Waals surface area contributed by atoms with Crippen molar-refractivity contribution >= 4 is 11.8 Å². The van der Waals surface area contributed by atoms with E-state index in [4.69, 9.17) is 4.74 Å². The molecule has 0 spiro atoms. The number of benzene rings is 1. The molecular weight excluding hydrogens is 312 g/mol. The molecule has 1 aliphatic rings. The third-order valence-corrected chi connectivity index (χ3v) is 5.32. The number of rotatable bonds is 8. The topological polar surface area (TPSA) is 43.4 Å². The number of unbranched alkanes of at least 4 members (excludes halogenated alkanes) is 2. The Morgan fingerprint density at radius 1 is 1.08 bits per heavy atom. The van der Waals surface area contributed by atoms with Crippen LogP contribution < -0.4 is 0 Å². The molecule has 1 unspecified atom stereocenters. The minimum atomic E-state index is -0.635. The summed E-state index contributed by atoms with van der Waals surface area (Å²) < 4.78 is 5.50. The van der Waals surface area contributed by atoms with Crippen LogP contribution in [0.5, 0.6) is 0 Å². The summed E-state index contributed by atoms with van der Waals surface area (Å²) in [5.74, 6) is -0.856. The van der Waals surface area contributed by atoms with Gasteiger partial charge in [-0.2, -0.15) is 0 Å². The second kappa shape index (κ2) is 9.17. The van der Waals surface area contributed by atoms with Crippen LogP contribution in [-0.4, -0.2) is 18.4 Å². The van der Waals surface area contributed by atoms with Gasteiger partial charge in [0, 0.05) is 5.56 Å². The van der Waals surface area contributed by atoms with Crippen LogP contribution in [0.1, 0.15) is 78.9 Å². The van der Waals surface area contributed by atoms with Gasteiger partial charge in [-0.3, -0.25) is 9.59 Å². The van der Waals surface area contributed by atoms with E-state index in [1.807, 2.05) is 32.9 Å². The van der Waals surface area contributed by atoms with E-state index in [-0.39, 0.29) is 17.7 Å². The lowest BCUT2D eigenvalue weighted by molar-refractivity contribution is -0.148. The van der Waals surface area contributed by atoms with Crippen molar-refractivity contribution in [2.24, 2.45) is 11.8 Å². The third kappa shape index (κ3) is 4.93. The molecule has 0 amide bonds. The van der Waals surface area contributed by atoms with Crippen molar-refractivity contribution in [1.82, 2.24) is 0 Å². The fraction of sp³-hybridized carbons (Fsp3) is 0.636. The van der Waals surface area contributed by atoms with Crippen LogP contribution in [0.25, 0.3) is 0 Å². The highest BCUT2D eigenvalue weighted by Gasteiger charge is 2.38. The van der Waals surface area contributed by atoms with Crippen LogP contribution in [0.3, 0.4) is 0 Å². The summed E-state index contributed by atoms with van der Waals surface area (Å²) in [7, 11) is 0. The maximum absolute atomic E-state index is 13.3. The van der Waals surface area contributed by atoms with Gasteiger partial charge in [0.1, 0.15) is 5.92 Å². The Balaban J connectivity index is 2.23. The first-order chi connectivity index (χ1) is 12.0. The van der Waals surface area contributed by atoms with Crippen molar-refractivity contribution < 1.29 is 14.3 Å². The number of esters is 1. The fourth-order valence-corrected chi connectivity index (χ4v) is 4.14. The van der Waals surface area contributed by atoms with Gasteiger partial charge in [-0.05, 0) is 57.1 Å². The van der Waals surface area contributed by atoms with Gasteiger partial charge in [0.15, 0.2) is 5.78 Å². The summed E-state index contributed by atoms with van der Waals surface area (Å²) in [5, 5.41) is 0. The molecule has 0 N–H and O–H groups in total. The second-order valence-corrected chi connectivity index (χ2v) is 7.53. The maximum Gasteiger partial charge on any atom is 0.317 e. The Labute approximate surface area is 152 Å². The molecular formula is C22H32O3. The van der Waals surface area contributed by atoms with Crippen molar-refractivity contribution in [3.63, 3.8) is 0 Å². The number of hydrogen-bond donors (Lipinski definition) is 0. The van der Waals surface area contributed by atoms with Crippen LogP contribution in [0.2, 0.25) is 0 Å². The first kappa shape index (κ1) is 19.7. The number of ether oxygens (including phenoxy) is 1. The summed E-state index contributed by atoms with van der Waals surface area (Å²) in [6.45, 7) is 8.51. The van der Waals surface area contributed by atoms with Gasteiger partial charge in [0.05, 0.1) is 6.61 Å². The third-order valence-electron chi connectivity index (χ3n) is 5.32. The molecule has 0 bridgehead atoms. The number of hydrogen-bond acceptors (Lipinski definition) is 3. The molecule has 0 saturated heterocycles. The first-order valence-electron chi connectivity index (χ1n) is 9.74. The standard InChI is InChI=1S/C22H32O3/c1-5-6-9-12-25-22(24)20(18-10-7-8-11-18)21(23)19-16(3)13-15(2)14-17(19)4/h13-14,18,20H,5-12H2,1-4H3. The summed E-state index contributed by atoms with van der Waals surface area (Å²) in [6.07, 6.45) is 7.11. The molecule has 0 aromatic heterocycles. The highest BCUT2D eigenvalue weighted by molar-refractivity contribution is 6.10. The SMILES string of the molecule is CCCCCOC(=O)C(C(=O)c1c(C)cc(C)cc1C)C1CCCC1. The van der Waals surface area contributed by atoms with E-state index in [1.54, 1.807) is 0 Å². The summed E-state index contributed by atoms with van der Waals surface area (Å²) in [4.78, 5) is 26.1. The zero-order valence-electron chi connectivity index (χ0n) is 16.2. The number of aryl methyl sites for hydroxylation is 3. The average Bonchev–Trinajstić information content (AvgIpc) is 3.04. The highest BCUT2D eigenvalue weighted by Crippen LogP contribution is 2.35. The molecule has 138 valence electrons. The molecule has 0 radical (unpaired) electrons. The minimum absolute atomic E-state index is 0.0395. The zero-order chi connectivity index (χ0) is 18.4. The molecule has 3 nitrogen and oxygen atoms in total. The average molecular weight is 344 g/mol. The van der Waals surface area contributed by atoms with Gasteiger partial charge < -0.3 is 4.74 Å².